The molecule has 0 bridgehead atoms. The minimum Gasteiger partial charge on any atom is -0.384 e. The monoisotopic (exact) mass is 307 g/mol. The lowest BCUT2D eigenvalue weighted by molar-refractivity contribution is 0.0831. The van der Waals surface area contributed by atoms with Crippen LogP contribution in [0.4, 0.5) is 0 Å². The van der Waals surface area contributed by atoms with Crippen molar-refractivity contribution >= 4 is 10.2 Å². The van der Waals surface area contributed by atoms with Crippen LogP contribution in [0.3, 0.4) is 0 Å². The van der Waals surface area contributed by atoms with E-state index in [4.69, 9.17) is 4.74 Å². The molecule has 7 heteroatoms. The molecule has 0 saturated carbocycles. The number of ether oxygens (including phenoxy) is 1. The van der Waals surface area contributed by atoms with Gasteiger partial charge >= 0.3 is 0 Å². The van der Waals surface area contributed by atoms with Gasteiger partial charge in [-0.15, -0.1) is 0 Å². The fourth-order valence-corrected chi connectivity index (χ4v) is 3.46. The van der Waals surface area contributed by atoms with Gasteiger partial charge in [0.25, 0.3) is 10.2 Å². The minimum absolute atomic E-state index is 0.497. The second-order valence-electron chi connectivity index (χ2n) is 5.95. The Kier molecular flexibility index (Phi) is 6.87. The summed E-state index contributed by atoms with van der Waals surface area (Å²) in [4.78, 5) is 2.34. The largest absolute Gasteiger partial charge is 0.384 e. The van der Waals surface area contributed by atoms with Crippen LogP contribution in [0.25, 0.3) is 0 Å². The van der Waals surface area contributed by atoms with Gasteiger partial charge in [-0.3, -0.25) is 0 Å². The second-order valence-corrected chi connectivity index (χ2v) is 8.09. The van der Waals surface area contributed by atoms with Gasteiger partial charge in [0.15, 0.2) is 0 Å². The molecule has 1 fully saturated rings. The molecular formula is C13H29N3O3S. The molecule has 0 aromatic heterocycles. The zero-order valence-corrected chi connectivity index (χ0v) is 14.2. The van der Waals surface area contributed by atoms with Gasteiger partial charge in [-0.2, -0.15) is 17.0 Å². The van der Waals surface area contributed by atoms with Crippen LogP contribution in [0.15, 0.2) is 0 Å². The molecule has 1 heterocycles. The highest BCUT2D eigenvalue weighted by molar-refractivity contribution is 7.86. The highest BCUT2D eigenvalue weighted by Gasteiger charge is 2.29. The predicted molar refractivity (Wildman–Crippen MR) is 80.8 cm³/mol. The molecule has 20 heavy (non-hydrogen) atoms. The van der Waals surface area contributed by atoms with Crippen molar-refractivity contribution in [3.05, 3.63) is 0 Å². The Morgan fingerprint density at radius 3 is 2.10 bits per heavy atom. The van der Waals surface area contributed by atoms with Crippen molar-refractivity contribution in [1.82, 2.24) is 13.5 Å². The summed E-state index contributed by atoms with van der Waals surface area (Å²) in [5, 5.41) is 0. The molecule has 6 nitrogen and oxygen atoms in total. The van der Waals surface area contributed by atoms with Crippen LogP contribution in [0.2, 0.25) is 0 Å². The Bertz CT molecular complexity index is 376. The molecule has 1 aliphatic heterocycles. The zero-order valence-electron chi connectivity index (χ0n) is 13.4. The summed E-state index contributed by atoms with van der Waals surface area (Å²) in [7, 11) is 1.63. The Morgan fingerprint density at radius 2 is 1.70 bits per heavy atom. The normalized spacial score (nSPS) is 20.8. The van der Waals surface area contributed by atoms with E-state index in [2.05, 4.69) is 18.7 Å². The van der Waals surface area contributed by atoms with Crippen LogP contribution >= 0.6 is 0 Å². The van der Waals surface area contributed by atoms with Crippen LogP contribution in [-0.4, -0.2) is 82.5 Å². The first-order valence-corrected chi connectivity index (χ1v) is 8.57. The van der Waals surface area contributed by atoms with Crippen LogP contribution in [0.5, 0.6) is 0 Å². The summed E-state index contributed by atoms with van der Waals surface area (Å²) >= 11 is 0. The van der Waals surface area contributed by atoms with Gasteiger partial charge < -0.3 is 9.64 Å². The van der Waals surface area contributed by atoms with Crippen LogP contribution in [0, 0.1) is 11.8 Å². The molecule has 1 aliphatic rings. The molecule has 0 aliphatic carbocycles. The van der Waals surface area contributed by atoms with Crippen molar-refractivity contribution in [2.45, 2.75) is 13.8 Å². The lowest BCUT2D eigenvalue weighted by Gasteiger charge is -2.37. The summed E-state index contributed by atoms with van der Waals surface area (Å²) in [5.41, 5.74) is 0. The van der Waals surface area contributed by atoms with Gasteiger partial charge in [0.05, 0.1) is 6.61 Å². The number of rotatable bonds is 7. The minimum atomic E-state index is -3.26. The van der Waals surface area contributed by atoms with Crippen molar-refractivity contribution < 1.29 is 13.2 Å². The standard InChI is InChI=1S/C13H29N3O3S/c1-12(2)13(11-19-5)10-15-6-8-16(9-7-15)20(17,18)14(3)4/h12-13H,6-11H2,1-5H3. The number of hydrogen-bond donors (Lipinski definition) is 0. The smallest absolute Gasteiger partial charge is 0.281 e. The Hall–Kier alpha value is -0.210. The topological polar surface area (TPSA) is 53.1 Å². The first-order chi connectivity index (χ1) is 9.28. The molecular weight excluding hydrogens is 278 g/mol. The Morgan fingerprint density at radius 1 is 1.15 bits per heavy atom. The highest BCUT2D eigenvalue weighted by Crippen LogP contribution is 2.16. The summed E-state index contributed by atoms with van der Waals surface area (Å²) < 4.78 is 32.2. The molecule has 0 radical (unpaired) electrons. The summed E-state index contributed by atoms with van der Waals surface area (Å²) in [6.45, 7) is 8.86. The molecule has 0 aromatic carbocycles. The lowest BCUT2D eigenvalue weighted by atomic mass is 9.96. The van der Waals surface area contributed by atoms with Crippen molar-refractivity contribution in [1.29, 1.82) is 0 Å². The molecule has 0 N–H and O–H groups in total. The Labute approximate surface area is 123 Å². The van der Waals surface area contributed by atoms with Crippen molar-refractivity contribution in [2.24, 2.45) is 11.8 Å². The van der Waals surface area contributed by atoms with E-state index in [9.17, 15) is 8.42 Å². The highest BCUT2D eigenvalue weighted by atomic mass is 32.2. The number of methoxy groups -OCH3 is 1. The van der Waals surface area contributed by atoms with E-state index >= 15 is 0 Å². The lowest BCUT2D eigenvalue weighted by Crippen LogP contribution is -2.52. The molecule has 0 aromatic rings. The maximum atomic E-state index is 12.0. The predicted octanol–water partition coefficient (Wildman–Crippen LogP) is 0.329. The average molecular weight is 307 g/mol. The van der Waals surface area contributed by atoms with Crippen molar-refractivity contribution in [3.63, 3.8) is 0 Å². The summed E-state index contributed by atoms with van der Waals surface area (Å²) in [6.07, 6.45) is 0. The van der Waals surface area contributed by atoms with E-state index in [1.165, 1.54) is 4.31 Å². The van der Waals surface area contributed by atoms with E-state index in [1.54, 1.807) is 25.5 Å². The van der Waals surface area contributed by atoms with E-state index < -0.39 is 10.2 Å². The van der Waals surface area contributed by atoms with Gasteiger partial charge in [-0.1, -0.05) is 13.8 Å². The molecule has 120 valence electrons. The number of piperazine rings is 1. The fraction of sp³-hybridized carbons (Fsp3) is 1.00. The quantitative estimate of drug-likeness (QED) is 0.680. The first-order valence-electron chi connectivity index (χ1n) is 7.18. The summed E-state index contributed by atoms with van der Waals surface area (Å²) in [6, 6.07) is 0. The van der Waals surface area contributed by atoms with E-state index in [1.807, 2.05) is 0 Å². The molecule has 1 saturated heterocycles. The van der Waals surface area contributed by atoms with Gasteiger partial charge in [-0.25, -0.2) is 0 Å². The second kappa shape index (κ2) is 7.70. The Balaban J connectivity index is 2.50. The fourth-order valence-electron chi connectivity index (χ4n) is 2.38. The van der Waals surface area contributed by atoms with E-state index in [0.29, 0.717) is 24.9 Å². The van der Waals surface area contributed by atoms with E-state index in [-0.39, 0.29) is 0 Å². The van der Waals surface area contributed by atoms with Gasteiger partial charge in [0.2, 0.25) is 0 Å². The average Bonchev–Trinajstić information content (AvgIpc) is 2.38. The van der Waals surface area contributed by atoms with Gasteiger partial charge in [0, 0.05) is 53.9 Å². The van der Waals surface area contributed by atoms with Crippen molar-refractivity contribution in [2.75, 3.05) is 60.5 Å². The van der Waals surface area contributed by atoms with Crippen molar-refractivity contribution in [3.8, 4) is 0 Å². The maximum Gasteiger partial charge on any atom is 0.281 e. The maximum absolute atomic E-state index is 12.0. The van der Waals surface area contributed by atoms with Crippen LogP contribution < -0.4 is 0 Å². The molecule has 1 rings (SSSR count). The van der Waals surface area contributed by atoms with Crippen LogP contribution in [0.1, 0.15) is 13.8 Å². The molecule has 0 amide bonds. The third-order valence-corrected chi connectivity index (χ3v) is 5.88. The first kappa shape index (κ1) is 17.8. The molecule has 1 atom stereocenters. The van der Waals surface area contributed by atoms with Gasteiger partial charge in [0.1, 0.15) is 0 Å². The third kappa shape index (κ3) is 4.66. The zero-order chi connectivity index (χ0) is 15.3. The third-order valence-electron chi connectivity index (χ3n) is 3.94. The molecule has 1 unspecified atom stereocenters. The summed E-state index contributed by atoms with van der Waals surface area (Å²) in [5.74, 6) is 1.07. The number of nitrogens with zero attached hydrogens (tertiary/aromatic N) is 3. The van der Waals surface area contributed by atoms with Crippen LogP contribution in [-0.2, 0) is 14.9 Å². The molecule has 0 spiro atoms. The SMILES string of the molecule is COCC(CN1CCN(S(=O)(=O)N(C)C)CC1)C(C)C. The van der Waals surface area contributed by atoms with E-state index in [0.717, 1.165) is 26.2 Å². The van der Waals surface area contributed by atoms with Gasteiger partial charge in [-0.05, 0) is 11.8 Å². The number of hydrogen-bond acceptors (Lipinski definition) is 4.